The molecule has 26 valence electrons. The van der Waals surface area contributed by atoms with Crippen molar-refractivity contribution in [1.82, 2.24) is 0 Å². The van der Waals surface area contributed by atoms with Gasteiger partial charge in [0.25, 0.3) is 0 Å². The smallest absolute Gasteiger partial charge is 1.00 e. The molecule has 0 amide bonds. The van der Waals surface area contributed by atoms with Gasteiger partial charge in [-0.1, -0.05) is 0 Å². The third-order valence-electron chi connectivity index (χ3n) is 0. The molecule has 0 aromatic carbocycles. The van der Waals surface area contributed by atoms with E-state index < -0.39 is 8.03 Å². The van der Waals surface area contributed by atoms with Crippen LogP contribution in [0.15, 0.2) is 0 Å². The predicted octanol–water partition coefficient (Wildman–Crippen LogP) is -2.53. The molecule has 5 heavy (non-hydrogen) atoms. The molecule has 0 bridgehead atoms. The number of hydrogen-bond donors (Lipinski definition) is 1. The molecule has 0 aliphatic carbocycles. The molecular weight excluding hydrogens is 114 g/mol. The van der Waals surface area contributed by atoms with Crippen molar-refractivity contribution in [3.05, 3.63) is 0 Å². The summed E-state index contributed by atoms with van der Waals surface area (Å²) in [5, 5.41) is 0. The molecule has 4 heteroatoms. The van der Waals surface area contributed by atoms with Crippen LogP contribution in [0.25, 0.3) is 0 Å². The fourth-order valence-corrected chi connectivity index (χ4v) is 0. The van der Waals surface area contributed by atoms with Crippen LogP contribution in [0.3, 0.4) is 0 Å². The van der Waals surface area contributed by atoms with Gasteiger partial charge in [0.15, 0.2) is 6.66 Å². The molecule has 2 nitrogen and oxygen atoms in total. The van der Waals surface area contributed by atoms with Crippen LogP contribution in [0.5, 0.6) is 0 Å². The van der Waals surface area contributed by atoms with E-state index in [-0.39, 0.29) is 52.8 Å². The van der Waals surface area contributed by atoms with Crippen LogP contribution in [0.2, 0.25) is 0 Å². The summed E-state index contributed by atoms with van der Waals surface area (Å²) in [6.45, 7) is 1.23. The molecule has 1 N–H and O–H groups in total. The fourth-order valence-electron chi connectivity index (χ4n) is 0. The SMILES string of the molecule is C[P+](=O)O.[H-].[K+]. The summed E-state index contributed by atoms with van der Waals surface area (Å²) in [6.07, 6.45) is 0. The second-order valence-corrected chi connectivity index (χ2v) is 1.39. The maximum absolute atomic E-state index is 9.15. The van der Waals surface area contributed by atoms with E-state index in [2.05, 4.69) is 0 Å². The predicted molar refractivity (Wildman–Crippen MR) is 16.9 cm³/mol. The molecule has 0 rings (SSSR count). The first kappa shape index (κ1) is 9.85. The van der Waals surface area contributed by atoms with Crippen LogP contribution in [-0.2, 0) is 4.57 Å². The van der Waals surface area contributed by atoms with Crippen molar-refractivity contribution in [3.8, 4) is 0 Å². The summed E-state index contributed by atoms with van der Waals surface area (Å²) < 4.78 is 9.15. The van der Waals surface area contributed by atoms with Crippen LogP contribution in [0.4, 0.5) is 0 Å². The maximum atomic E-state index is 9.15. The molecule has 0 fully saturated rings. The molecule has 0 aliphatic rings. The Morgan fingerprint density at radius 1 is 2.00 bits per heavy atom. The van der Waals surface area contributed by atoms with Gasteiger partial charge in [-0.05, 0) is 4.57 Å². The largest absolute Gasteiger partial charge is 1.00 e. The second-order valence-electron chi connectivity index (χ2n) is 0.464. The second kappa shape index (κ2) is 5.70. The van der Waals surface area contributed by atoms with Crippen LogP contribution in [0, 0.1) is 0 Å². The van der Waals surface area contributed by atoms with E-state index in [0.717, 1.165) is 0 Å². The van der Waals surface area contributed by atoms with Gasteiger partial charge in [0.2, 0.25) is 0 Å². The Morgan fingerprint density at radius 2 is 2.00 bits per heavy atom. The van der Waals surface area contributed by atoms with Gasteiger partial charge in [-0.25, -0.2) is 0 Å². The minimum Gasteiger partial charge on any atom is -1.00 e. The quantitative estimate of drug-likeness (QED) is 0.282. The van der Waals surface area contributed by atoms with Gasteiger partial charge >= 0.3 is 59.4 Å². The van der Waals surface area contributed by atoms with Crippen LogP contribution >= 0.6 is 8.03 Å². The average molecular weight is 119 g/mol. The molecule has 0 aromatic heterocycles. The van der Waals surface area contributed by atoms with Gasteiger partial charge in [0.1, 0.15) is 0 Å². The van der Waals surface area contributed by atoms with Crippen molar-refractivity contribution in [2.75, 3.05) is 6.66 Å². The van der Waals surface area contributed by atoms with E-state index in [1.807, 2.05) is 0 Å². The Balaban J connectivity index is -0.0000000450. The van der Waals surface area contributed by atoms with Crippen LogP contribution in [-0.4, -0.2) is 11.6 Å². The van der Waals surface area contributed by atoms with Gasteiger partial charge in [-0.15, -0.1) is 0 Å². The summed E-state index contributed by atoms with van der Waals surface area (Å²) in [5.74, 6) is 0. The minimum absolute atomic E-state index is 0. The Bertz CT molecular complexity index is 36.5. The zero-order valence-corrected chi connectivity index (χ0v) is 7.32. The first-order valence-electron chi connectivity index (χ1n) is 0.830. The van der Waals surface area contributed by atoms with Gasteiger partial charge in [0.05, 0.1) is 0 Å². The Morgan fingerprint density at radius 3 is 2.00 bits per heavy atom. The van der Waals surface area contributed by atoms with Gasteiger partial charge in [0, 0.05) is 0 Å². The molecular formula is CH5KO2P+. The topological polar surface area (TPSA) is 37.3 Å². The molecule has 0 saturated heterocycles. The summed E-state index contributed by atoms with van der Waals surface area (Å²) in [7, 11) is -1.87. The number of hydrogen-bond acceptors (Lipinski definition) is 1. The van der Waals surface area contributed by atoms with Gasteiger partial charge in [-0.2, -0.15) is 4.89 Å². The van der Waals surface area contributed by atoms with Crippen molar-refractivity contribution in [2.45, 2.75) is 0 Å². The monoisotopic (exact) mass is 119 g/mol. The van der Waals surface area contributed by atoms with Crippen molar-refractivity contribution >= 4 is 8.03 Å². The van der Waals surface area contributed by atoms with E-state index in [0.29, 0.717) is 0 Å². The summed E-state index contributed by atoms with van der Waals surface area (Å²) in [4.78, 5) is 7.56. The maximum Gasteiger partial charge on any atom is 1.00 e. The van der Waals surface area contributed by atoms with Crippen molar-refractivity contribution < 1.29 is 62.3 Å². The van der Waals surface area contributed by atoms with E-state index >= 15 is 0 Å². The average Bonchev–Trinajstić information content (AvgIpc) is 0.811. The Kier molecular flexibility index (Phi) is 11.2. The van der Waals surface area contributed by atoms with Crippen LogP contribution < -0.4 is 51.4 Å². The normalized spacial score (nSPS) is 8.80. The van der Waals surface area contributed by atoms with E-state index in [1.54, 1.807) is 0 Å². The summed E-state index contributed by atoms with van der Waals surface area (Å²) in [6, 6.07) is 0. The first-order chi connectivity index (χ1) is 1.73. The molecule has 0 aromatic rings. The van der Waals surface area contributed by atoms with Crippen LogP contribution in [0.1, 0.15) is 1.43 Å². The number of rotatable bonds is 0. The van der Waals surface area contributed by atoms with Crippen molar-refractivity contribution in [3.63, 3.8) is 0 Å². The minimum atomic E-state index is -1.87. The van der Waals surface area contributed by atoms with Gasteiger partial charge < -0.3 is 1.43 Å². The zero-order valence-electron chi connectivity index (χ0n) is 4.30. The van der Waals surface area contributed by atoms with E-state index in [1.165, 1.54) is 6.66 Å². The third-order valence-corrected chi connectivity index (χ3v) is 0. The fraction of sp³-hybridized carbons (Fsp3) is 1.00. The molecule has 0 heterocycles. The van der Waals surface area contributed by atoms with Crippen molar-refractivity contribution in [2.24, 2.45) is 0 Å². The first-order valence-corrected chi connectivity index (χ1v) is 2.49. The molecule has 1 atom stereocenters. The van der Waals surface area contributed by atoms with Gasteiger partial charge in [-0.3, -0.25) is 0 Å². The van der Waals surface area contributed by atoms with E-state index in [4.69, 9.17) is 9.46 Å². The third kappa shape index (κ3) is 27.0. The summed E-state index contributed by atoms with van der Waals surface area (Å²) >= 11 is 0. The zero-order chi connectivity index (χ0) is 3.58. The Hall–Kier alpha value is 1.70. The summed E-state index contributed by atoms with van der Waals surface area (Å²) in [5.41, 5.74) is 0. The molecule has 0 saturated carbocycles. The molecule has 0 aliphatic heterocycles. The van der Waals surface area contributed by atoms with E-state index in [9.17, 15) is 0 Å². The molecule has 1 unspecified atom stereocenters. The molecule has 0 spiro atoms. The Labute approximate surface area is 75.7 Å². The molecule has 0 radical (unpaired) electrons. The standard InChI is InChI=1S/CH3O2P.K.H/c1-4(2)3;;/h1H3;;/q;+1;-1/p+1. The van der Waals surface area contributed by atoms with Crippen molar-refractivity contribution in [1.29, 1.82) is 0 Å².